The number of benzene rings is 1. The third-order valence-electron chi connectivity index (χ3n) is 3.54. The van der Waals surface area contributed by atoms with Gasteiger partial charge >= 0.3 is 0 Å². The highest BCUT2D eigenvalue weighted by molar-refractivity contribution is 6.29. The van der Waals surface area contributed by atoms with E-state index >= 15 is 0 Å². The molecule has 2 N–H and O–H groups in total. The molecule has 1 amide bonds. The van der Waals surface area contributed by atoms with Crippen molar-refractivity contribution in [2.24, 2.45) is 7.05 Å². The molecular formula is C16H16ClN7O. The lowest BCUT2D eigenvalue weighted by Crippen LogP contribution is -2.21. The molecule has 0 atom stereocenters. The minimum Gasteiger partial charge on any atom is -0.354 e. The lowest BCUT2D eigenvalue weighted by Gasteiger charge is -2.14. The van der Waals surface area contributed by atoms with Crippen molar-refractivity contribution >= 4 is 28.9 Å². The van der Waals surface area contributed by atoms with Crippen molar-refractivity contribution in [3.63, 3.8) is 0 Å². The first kappa shape index (κ1) is 13.3. The summed E-state index contributed by atoms with van der Waals surface area (Å²) in [7, 11) is 1.77. The SMILES string of the molecule is [2H]C([2H])([2H])NC(=O)c1nnc(Cl)cc1Nc1cccc(-c2ncn(C)n2)c1C. The van der Waals surface area contributed by atoms with E-state index in [4.69, 9.17) is 15.7 Å². The molecule has 0 saturated heterocycles. The van der Waals surface area contributed by atoms with Crippen molar-refractivity contribution in [1.82, 2.24) is 30.3 Å². The van der Waals surface area contributed by atoms with Crippen LogP contribution in [0.5, 0.6) is 0 Å². The zero-order valence-corrected chi connectivity index (χ0v) is 14.2. The number of carbonyl (C=O) groups excluding carboxylic acids is 1. The van der Waals surface area contributed by atoms with E-state index < -0.39 is 12.9 Å². The minimum absolute atomic E-state index is 0.0492. The molecule has 0 spiro atoms. The number of nitrogens with one attached hydrogen (secondary N) is 2. The number of carbonyl (C=O) groups is 1. The molecule has 0 unspecified atom stereocenters. The summed E-state index contributed by atoms with van der Waals surface area (Å²) >= 11 is 5.91. The van der Waals surface area contributed by atoms with E-state index in [1.165, 1.54) is 6.07 Å². The predicted molar refractivity (Wildman–Crippen MR) is 94.9 cm³/mol. The molecule has 2 heterocycles. The van der Waals surface area contributed by atoms with E-state index in [0.29, 0.717) is 11.5 Å². The van der Waals surface area contributed by atoms with Gasteiger partial charge in [0, 0.05) is 35.5 Å². The molecule has 0 bridgehead atoms. The van der Waals surface area contributed by atoms with Crippen LogP contribution in [0.3, 0.4) is 0 Å². The summed E-state index contributed by atoms with van der Waals surface area (Å²) in [4.78, 5) is 16.5. The Labute approximate surface area is 153 Å². The highest BCUT2D eigenvalue weighted by atomic mass is 35.5. The van der Waals surface area contributed by atoms with Gasteiger partial charge in [-0.1, -0.05) is 23.7 Å². The molecule has 0 saturated carbocycles. The number of nitrogens with zero attached hydrogens (tertiary/aromatic N) is 5. The zero-order chi connectivity index (χ0) is 20.5. The second kappa shape index (κ2) is 6.86. The molecule has 0 aliphatic heterocycles. The Morgan fingerprint density at radius 2 is 2.16 bits per heavy atom. The van der Waals surface area contributed by atoms with Gasteiger partial charge in [-0.25, -0.2) is 4.98 Å². The molecular weight excluding hydrogens is 342 g/mol. The van der Waals surface area contributed by atoms with Gasteiger partial charge in [0.2, 0.25) is 0 Å². The highest BCUT2D eigenvalue weighted by Crippen LogP contribution is 2.29. The van der Waals surface area contributed by atoms with Crippen LogP contribution >= 0.6 is 11.6 Å². The van der Waals surface area contributed by atoms with Crippen molar-refractivity contribution in [3.05, 3.63) is 47.0 Å². The molecule has 3 aromatic rings. The summed E-state index contributed by atoms with van der Waals surface area (Å²) in [6, 6.07) is 6.87. The lowest BCUT2D eigenvalue weighted by molar-refractivity contribution is 0.0958. The number of amides is 1. The molecule has 2 aromatic heterocycles. The predicted octanol–water partition coefficient (Wildman–Crippen LogP) is 2.34. The van der Waals surface area contributed by atoms with Crippen LogP contribution in [0.25, 0.3) is 11.4 Å². The topological polar surface area (TPSA) is 97.6 Å². The van der Waals surface area contributed by atoms with Crippen LogP contribution in [0.2, 0.25) is 5.15 Å². The minimum atomic E-state index is -2.66. The molecule has 128 valence electrons. The summed E-state index contributed by atoms with van der Waals surface area (Å²) in [5, 5.41) is 16.7. The van der Waals surface area contributed by atoms with E-state index in [1.54, 1.807) is 30.2 Å². The zero-order valence-electron chi connectivity index (χ0n) is 16.4. The van der Waals surface area contributed by atoms with E-state index in [0.717, 1.165) is 11.1 Å². The maximum atomic E-state index is 12.3. The summed E-state index contributed by atoms with van der Waals surface area (Å²) in [5.41, 5.74) is 2.30. The molecule has 0 radical (unpaired) electrons. The summed E-state index contributed by atoms with van der Waals surface area (Å²) in [5.74, 6) is -0.346. The normalized spacial score (nSPS) is 12.8. The Morgan fingerprint density at radius 3 is 2.88 bits per heavy atom. The van der Waals surface area contributed by atoms with Gasteiger partial charge in [0.25, 0.3) is 5.91 Å². The van der Waals surface area contributed by atoms with Crippen LogP contribution in [0.1, 0.15) is 20.2 Å². The third kappa shape index (κ3) is 3.43. The fourth-order valence-electron chi connectivity index (χ4n) is 2.31. The molecule has 8 nitrogen and oxygen atoms in total. The Morgan fingerprint density at radius 1 is 1.32 bits per heavy atom. The first-order valence-corrected chi connectivity index (χ1v) is 7.60. The second-order valence-corrected chi connectivity index (χ2v) is 5.62. The summed E-state index contributed by atoms with van der Waals surface area (Å²) < 4.78 is 23.2. The van der Waals surface area contributed by atoms with Crippen LogP contribution in [-0.4, -0.2) is 37.8 Å². The Kier molecular flexibility index (Phi) is 3.65. The Balaban J connectivity index is 1.98. The molecule has 0 aliphatic rings. The van der Waals surface area contributed by atoms with Gasteiger partial charge in [-0.15, -0.1) is 10.2 Å². The molecule has 1 aromatic carbocycles. The Bertz CT molecular complexity index is 1040. The Hall–Kier alpha value is -3.00. The van der Waals surface area contributed by atoms with Crippen LogP contribution in [0.4, 0.5) is 11.4 Å². The number of hydrogen-bond donors (Lipinski definition) is 2. The van der Waals surface area contributed by atoms with Crippen molar-refractivity contribution in [3.8, 4) is 11.4 Å². The van der Waals surface area contributed by atoms with Gasteiger partial charge in [0.15, 0.2) is 16.7 Å². The number of aryl methyl sites for hydroxylation is 1. The second-order valence-electron chi connectivity index (χ2n) is 5.23. The number of rotatable bonds is 4. The monoisotopic (exact) mass is 360 g/mol. The van der Waals surface area contributed by atoms with Gasteiger partial charge in [0.1, 0.15) is 6.33 Å². The van der Waals surface area contributed by atoms with E-state index in [1.807, 2.05) is 18.3 Å². The average molecular weight is 361 g/mol. The fraction of sp³-hybridized carbons (Fsp3) is 0.188. The first-order chi connectivity index (χ1) is 13.1. The lowest BCUT2D eigenvalue weighted by atomic mass is 10.1. The molecule has 3 rings (SSSR count). The van der Waals surface area contributed by atoms with Gasteiger partial charge in [-0.05, 0) is 18.6 Å². The quantitative estimate of drug-likeness (QED) is 0.741. The van der Waals surface area contributed by atoms with Crippen molar-refractivity contribution in [1.29, 1.82) is 0 Å². The van der Waals surface area contributed by atoms with Gasteiger partial charge in [0.05, 0.1) is 5.69 Å². The number of aromatic nitrogens is 5. The van der Waals surface area contributed by atoms with Gasteiger partial charge < -0.3 is 10.6 Å². The fourth-order valence-corrected chi connectivity index (χ4v) is 2.46. The van der Waals surface area contributed by atoms with Crippen molar-refractivity contribution in [2.45, 2.75) is 6.92 Å². The highest BCUT2D eigenvalue weighted by Gasteiger charge is 2.16. The number of halogens is 1. The molecule has 9 heteroatoms. The van der Waals surface area contributed by atoms with Gasteiger partial charge in [-0.2, -0.15) is 5.10 Å². The van der Waals surface area contributed by atoms with Crippen LogP contribution in [-0.2, 0) is 7.05 Å². The van der Waals surface area contributed by atoms with Crippen LogP contribution < -0.4 is 10.6 Å². The average Bonchev–Trinajstić information content (AvgIpc) is 3.01. The number of anilines is 2. The van der Waals surface area contributed by atoms with Crippen molar-refractivity contribution in [2.75, 3.05) is 12.3 Å². The smallest absolute Gasteiger partial charge is 0.273 e. The third-order valence-corrected chi connectivity index (χ3v) is 3.72. The van der Waals surface area contributed by atoms with E-state index in [9.17, 15) is 4.79 Å². The van der Waals surface area contributed by atoms with Crippen LogP contribution in [0.15, 0.2) is 30.6 Å². The maximum Gasteiger partial charge on any atom is 0.273 e. The summed E-state index contributed by atoms with van der Waals surface area (Å²) in [6.07, 6.45) is 1.60. The standard InChI is InChI=1S/C16H16ClN7O/c1-9-10(15-19-8-24(3)23-15)5-4-6-11(9)20-12-7-13(17)21-22-14(12)16(25)18-2/h4-8H,1-3H3,(H,18,25)(H,20,21)/i2D3. The van der Waals surface area contributed by atoms with E-state index in [2.05, 4.69) is 25.6 Å². The maximum absolute atomic E-state index is 12.3. The van der Waals surface area contributed by atoms with Crippen LogP contribution in [0, 0.1) is 6.92 Å². The number of hydrogen-bond acceptors (Lipinski definition) is 6. The molecule has 25 heavy (non-hydrogen) atoms. The van der Waals surface area contributed by atoms with E-state index in [-0.39, 0.29) is 16.5 Å². The summed E-state index contributed by atoms with van der Waals surface area (Å²) in [6.45, 7) is -0.789. The van der Waals surface area contributed by atoms with Gasteiger partial charge in [-0.3, -0.25) is 9.48 Å². The molecule has 0 fully saturated rings. The first-order valence-electron chi connectivity index (χ1n) is 8.72. The molecule has 0 aliphatic carbocycles. The largest absolute Gasteiger partial charge is 0.354 e. The van der Waals surface area contributed by atoms with Crippen molar-refractivity contribution < 1.29 is 8.91 Å².